The summed E-state index contributed by atoms with van der Waals surface area (Å²) in [5.41, 5.74) is 6.48. The molecule has 1 heterocycles. The summed E-state index contributed by atoms with van der Waals surface area (Å²) < 4.78 is 32.4. The molecular weight excluding hydrogens is 521 g/mol. The molecule has 170 valence electrons. The van der Waals surface area contributed by atoms with Crippen molar-refractivity contribution in [2.24, 2.45) is 10.7 Å². The Morgan fingerprint density at radius 1 is 1.13 bits per heavy atom. The van der Waals surface area contributed by atoms with Gasteiger partial charge >= 0.3 is 6.09 Å². The van der Waals surface area contributed by atoms with Crippen molar-refractivity contribution < 1.29 is 17.9 Å². The number of amides is 1. The maximum absolute atomic E-state index is 12.2. The molecule has 9 nitrogen and oxygen atoms in total. The van der Waals surface area contributed by atoms with Gasteiger partial charge in [-0.25, -0.2) is 17.9 Å². The molecule has 30 heavy (non-hydrogen) atoms. The number of carbonyl (C=O) groups excluding carboxylic acids is 1. The zero-order chi connectivity index (χ0) is 21.7. The van der Waals surface area contributed by atoms with E-state index >= 15 is 0 Å². The number of guanidine groups is 1. The molecule has 11 heteroatoms. The highest BCUT2D eigenvalue weighted by molar-refractivity contribution is 14.0. The van der Waals surface area contributed by atoms with Crippen LogP contribution in [0.4, 0.5) is 4.79 Å². The molecule has 0 aromatic heterocycles. The monoisotopic (exact) mass is 553 g/mol. The van der Waals surface area contributed by atoms with Gasteiger partial charge in [-0.05, 0) is 39.8 Å². The zero-order valence-electron chi connectivity index (χ0n) is 17.9. The Labute approximate surface area is 196 Å². The van der Waals surface area contributed by atoms with Crippen molar-refractivity contribution in [1.82, 2.24) is 14.5 Å². The molecule has 1 aromatic rings. The standard InChI is InChI=1S/C19H31N5O4S.HI/c1-15-5-7-16(8-6-15)29(26,27)22-10-9-21-17(20)23-11-13-24(14-12-23)18(25)28-19(2,3)4;/h5-8,22H,9-14H2,1-4H3,(H2,20,21);1H. The lowest BCUT2D eigenvalue weighted by atomic mass is 10.2. The number of aliphatic imine (C=N–C) groups is 1. The van der Waals surface area contributed by atoms with Crippen LogP contribution < -0.4 is 10.5 Å². The van der Waals surface area contributed by atoms with Crippen LogP contribution in [0.1, 0.15) is 26.3 Å². The summed E-state index contributed by atoms with van der Waals surface area (Å²) in [7, 11) is -3.56. The largest absolute Gasteiger partial charge is 0.444 e. The molecule has 1 saturated heterocycles. The third-order valence-electron chi connectivity index (χ3n) is 4.26. The summed E-state index contributed by atoms with van der Waals surface area (Å²) in [6, 6.07) is 6.64. The van der Waals surface area contributed by atoms with Crippen molar-refractivity contribution in [3.8, 4) is 0 Å². The average Bonchev–Trinajstić information content (AvgIpc) is 2.64. The summed E-state index contributed by atoms with van der Waals surface area (Å²) in [6.45, 7) is 9.84. The van der Waals surface area contributed by atoms with E-state index in [0.29, 0.717) is 32.1 Å². The molecule has 1 aliphatic rings. The minimum absolute atomic E-state index is 0. The van der Waals surface area contributed by atoms with Crippen LogP contribution >= 0.6 is 24.0 Å². The van der Waals surface area contributed by atoms with Crippen molar-refractivity contribution in [3.05, 3.63) is 29.8 Å². The summed E-state index contributed by atoms with van der Waals surface area (Å²) in [5, 5.41) is 0. The molecule has 1 aromatic carbocycles. The maximum atomic E-state index is 12.2. The lowest BCUT2D eigenvalue weighted by Crippen LogP contribution is -2.53. The first-order valence-corrected chi connectivity index (χ1v) is 11.1. The smallest absolute Gasteiger partial charge is 0.410 e. The van der Waals surface area contributed by atoms with E-state index in [0.717, 1.165) is 5.56 Å². The molecule has 1 amide bonds. The number of sulfonamides is 1. The highest BCUT2D eigenvalue weighted by Crippen LogP contribution is 2.12. The fraction of sp³-hybridized carbons (Fsp3) is 0.579. The number of carbonyl (C=O) groups is 1. The second-order valence-electron chi connectivity index (χ2n) is 7.91. The Morgan fingerprint density at radius 2 is 1.67 bits per heavy atom. The Balaban J connectivity index is 0.00000450. The third-order valence-corrected chi connectivity index (χ3v) is 5.74. The van der Waals surface area contributed by atoms with Gasteiger partial charge in [0.15, 0.2) is 5.96 Å². The van der Waals surface area contributed by atoms with Gasteiger partial charge in [0.25, 0.3) is 0 Å². The molecule has 1 aliphatic heterocycles. The van der Waals surface area contributed by atoms with E-state index in [9.17, 15) is 13.2 Å². The van der Waals surface area contributed by atoms with Crippen molar-refractivity contribution in [2.75, 3.05) is 39.3 Å². The van der Waals surface area contributed by atoms with Gasteiger partial charge in [-0.1, -0.05) is 17.7 Å². The van der Waals surface area contributed by atoms with Crippen molar-refractivity contribution in [2.45, 2.75) is 38.2 Å². The average molecular weight is 553 g/mol. The number of piperazine rings is 1. The summed E-state index contributed by atoms with van der Waals surface area (Å²) in [4.78, 5) is 20.1. The van der Waals surface area contributed by atoms with Crippen molar-refractivity contribution >= 4 is 46.1 Å². The van der Waals surface area contributed by atoms with Crippen LogP contribution in [0.5, 0.6) is 0 Å². The van der Waals surface area contributed by atoms with Crippen LogP contribution in [0.2, 0.25) is 0 Å². The van der Waals surface area contributed by atoms with Crippen LogP contribution in [0, 0.1) is 6.92 Å². The molecule has 2 rings (SSSR count). The Kier molecular flexibility index (Phi) is 9.82. The topological polar surface area (TPSA) is 117 Å². The van der Waals surface area contributed by atoms with E-state index in [1.165, 1.54) is 0 Å². The Bertz CT molecular complexity index is 829. The van der Waals surface area contributed by atoms with Gasteiger partial charge in [-0.15, -0.1) is 24.0 Å². The number of nitrogens with zero attached hydrogens (tertiary/aromatic N) is 3. The molecule has 3 N–H and O–H groups in total. The van der Waals surface area contributed by atoms with Gasteiger partial charge in [-0.2, -0.15) is 0 Å². The van der Waals surface area contributed by atoms with Crippen molar-refractivity contribution in [3.63, 3.8) is 0 Å². The Morgan fingerprint density at radius 3 is 2.20 bits per heavy atom. The van der Waals surface area contributed by atoms with E-state index in [4.69, 9.17) is 10.5 Å². The number of rotatable bonds is 5. The van der Waals surface area contributed by atoms with Crippen LogP contribution in [0.15, 0.2) is 34.2 Å². The van der Waals surface area contributed by atoms with Crippen LogP contribution in [0.25, 0.3) is 0 Å². The van der Waals surface area contributed by atoms with E-state index in [1.807, 2.05) is 32.6 Å². The number of ether oxygens (including phenoxy) is 1. The fourth-order valence-electron chi connectivity index (χ4n) is 2.70. The summed E-state index contributed by atoms with van der Waals surface area (Å²) in [5.74, 6) is 0.336. The quantitative estimate of drug-likeness (QED) is 0.249. The fourth-order valence-corrected chi connectivity index (χ4v) is 3.72. The molecule has 0 radical (unpaired) electrons. The minimum atomic E-state index is -3.56. The number of nitrogens with two attached hydrogens (primary N) is 1. The first kappa shape index (κ1) is 26.4. The van der Waals surface area contributed by atoms with Gasteiger partial charge in [-0.3, -0.25) is 4.99 Å². The third kappa shape index (κ3) is 8.26. The lowest BCUT2D eigenvalue weighted by molar-refractivity contribution is 0.0186. The molecule has 0 unspecified atom stereocenters. The summed E-state index contributed by atoms with van der Waals surface area (Å²) >= 11 is 0. The molecule has 0 saturated carbocycles. The Hall–Kier alpha value is -1.60. The molecular formula is C19H32IN5O4S. The van der Waals surface area contributed by atoms with E-state index in [-0.39, 0.29) is 48.1 Å². The maximum Gasteiger partial charge on any atom is 0.410 e. The number of halogens is 1. The highest BCUT2D eigenvalue weighted by atomic mass is 127. The van der Waals surface area contributed by atoms with Gasteiger partial charge in [0.1, 0.15) is 5.60 Å². The predicted octanol–water partition coefficient (Wildman–Crippen LogP) is 1.76. The van der Waals surface area contributed by atoms with E-state index in [2.05, 4.69) is 9.71 Å². The summed E-state index contributed by atoms with van der Waals surface area (Å²) in [6.07, 6.45) is -0.335. The van der Waals surface area contributed by atoms with Gasteiger partial charge in [0.2, 0.25) is 10.0 Å². The van der Waals surface area contributed by atoms with Crippen molar-refractivity contribution in [1.29, 1.82) is 0 Å². The normalized spacial score (nSPS) is 15.5. The van der Waals surface area contributed by atoms with Gasteiger partial charge < -0.3 is 20.3 Å². The predicted molar refractivity (Wildman–Crippen MR) is 128 cm³/mol. The lowest BCUT2D eigenvalue weighted by Gasteiger charge is -2.36. The molecule has 0 spiro atoms. The number of benzene rings is 1. The van der Waals surface area contributed by atoms with Gasteiger partial charge in [0.05, 0.1) is 11.4 Å². The zero-order valence-corrected chi connectivity index (χ0v) is 21.1. The highest BCUT2D eigenvalue weighted by Gasteiger charge is 2.26. The molecule has 1 fully saturated rings. The molecule has 0 bridgehead atoms. The van der Waals surface area contributed by atoms with Gasteiger partial charge in [0, 0.05) is 32.7 Å². The van der Waals surface area contributed by atoms with Crippen LogP contribution in [-0.2, 0) is 14.8 Å². The number of aryl methyl sites for hydroxylation is 1. The minimum Gasteiger partial charge on any atom is -0.444 e. The van der Waals surface area contributed by atoms with E-state index in [1.54, 1.807) is 29.2 Å². The second-order valence-corrected chi connectivity index (χ2v) is 9.67. The molecule has 0 aliphatic carbocycles. The molecule has 0 atom stereocenters. The van der Waals surface area contributed by atoms with Crippen LogP contribution in [0.3, 0.4) is 0 Å². The number of hydrogen-bond donors (Lipinski definition) is 2. The number of hydrogen-bond acceptors (Lipinski definition) is 5. The SMILES string of the molecule is Cc1ccc(S(=O)(=O)NCCN=C(N)N2CCN(C(=O)OC(C)(C)C)CC2)cc1.I. The number of nitrogens with one attached hydrogen (secondary N) is 1. The van der Waals surface area contributed by atoms with E-state index < -0.39 is 15.6 Å². The second kappa shape index (κ2) is 11.1. The van der Waals surface area contributed by atoms with Crippen LogP contribution in [-0.4, -0.2) is 75.1 Å². The first-order chi connectivity index (χ1) is 13.5. The first-order valence-electron chi connectivity index (χ1n) is 9.57.